The molecule has 2 aromatic carbocycles. The fourth-order valence-electron chi connectivity index (χ4n) is 3.92. The Morgan fingerprint density at radius 1 is 1.07 bits per heavy atom. The molecular weight excluding hydrogens is 368 g/mol. The van der Waals surface area contributed by atoms with Gasteiger partial charge in [-0.1, -0.05) is 18.2 Å². The maximum Gasteiger partial charge on any atom is 0.161 e. The number of aliphatic hydroxyl groups excluding tert-OH is 1. The summed E-state index contributed by atoms with van der Waals surface area (Å²) >= 11 is 0. The van der Waals surface area contributed by atoms with Crippen LogP contribution in [0.5, 0.6) is 17.2 Å². The summed E-state index contributed by atoms with van der Waals surface area (Å²) in [6.07, 6.45) is 0.750. The van der Waals surface area contributed by atoms with E-state index in [-0.39, 0.29) is 12.4 Å². The van der Waals surface area contributed by atoms with Crippen LogP contribution in [-0.4, -0.2) is 66.0 Å². The van der Waals surface area contributed by atoms with Gasteiger partial charge in [-0.25, -0.2) is 0 Å². The van der Waals surface area contributed by atoms with E-state index >= 15 is 0 Å². The van der Waals surface area contributed by atoms with Crippen molar-refractivity contribution >= 4 is 0 Å². The van der Waals surface area contributed by atoms with Crippen molar-refractivity contribution in [2.45, 2.75) is 32.5 Å². The van der Waals surface area contributed by atoms with Crippen molar-refractivity contribution in [1.29, 1.82) is 0 Å². The zero-order valence-corrected chi connectivity index (χ0v) is 17.4. The van der Waals surface area contributed by atoms with Crippen molar-refractivity contribution in [3.8, 4) is 17.2 Å². The van der Waals surface area contributed by atoms with Gasteiger partial charge in [0.2, 0.25) is 0 Å². The molecule has 0 spiro atoms. The molecule has 6 heteroatoms. The minimum absolute atomic E-state index is 0.178. The Morgan fingerprint density at radius 3 is 2.66 bits per heavy atom. The fourth-order valence-corrected chi connectivity index (χ4v) is 3.92. The molecule has 1 atom stereocenters. The number of aromatic hydroxyl groups is 1. The second-order valence-electron chi connectivity index (χ2n) is 7.46. The highest BCUT2D eigenvalue weighted by Gasteiger charge is 2.27. The van der Waals surface area contributed by atoms with Gasteiger partial charge in [0.05, 0.1) is 13.7 Å². The molecule has 29 heavy (non-hydrogen) atoms. The first-order valence-electron chi connectivity index (χ1n) is 10.3. The number of nitrogens with zero attached hydrogens (tertiary/aromatic N) is 2. The van der Waals surface area contributed by atoms with Crippen LogP contribution >= 0.6 is 0 Å². The van der Waals surface area contributed by atoms with E-state index in [0.717, 1.165) is 50.5 Å². The largest absolute Gasteiger partial charge is 0.504 e. The monoisotopic (exact) mass is 400 g/mol. The summed E-state index contributed by atoms with van der Waals surface area (Å²) in [5.41, 5.74) is 2.34. The third-order valence-electron chi connectivity index (χ3n) is 5.40. The van der Waals surface area contributed by atoms with Crippen LogP contribution in [0.1, 0.15) is 24.5 Å². The van der Waals surface area contributed by atoms with Gasteiger partial charge in [0.25, 0.3) is 0 Å². The van der Waals surface area contributed by atoms with Crippen molar-refractivity contribution in [2.75, 3.05) is 40.0 Å². The van der Waals surface area contributed by atoms with Gasteiger partial charge in [0, 0.05) is 45.4 Å². The summed E-state index contributed by atoms with van der Waals surface area (Å²) in [5.74, 6) is 1.59. The molecule has 1 aliphatic heterocycles. The minimum Gasteiger partial charge on any atom is -0.504 e. The third-order valence-corrected chi connectivity index (χ3v) is 5.40. The summed E-state index contributed by atoms with van der Waals surface area (Å²) in [4.78, 5) is 4.86. The molecule has 3 rings (SSSR count). The molecule has 0 unspecified atom stereocenters. The lowest BCUT2D eigenvalue weighted by Gasteiger charge is -2.41. The van der Waals surface area contributed by atoms with Gasteiger partial charge in [-0.15, -0.1) is 0 Å². The summed E-state index contributed by atoms with van der Waals surface area (Å²) in [7, 11) is 1.69. The van der Waals surface area contributed by atoms with Gasteiger partial charge in [-0.3, -0.25) is 9.80 Å². The second-order valence-corrected chi connectivity index (χ2v) is 7.46. The van der Waals surface area contributed by atoms with E-state index in [9.17, 15) is 10.2 Å². The molecule has 1 aliphatic rings. The molecule has 2 aromatic rings. The molecule has 6 nitrogen and oxygen atoms in total. The van der Waals surface area contributed by atoms with E-state index in [2.05, 4.69) is 21.9 Å². The smallest absolute Gasteiger partial charge is 0.161 e. The Hall–Kier alpha value is -2.28. The fraction of sp³-hybridized carbons (Fsp3) is 0.478. The average Bonchev–Trinajstić information content (AvgIpc) is 2.73. The number of phenols is 1. The average molecular weight is 401 g/mol. The Bertz CT molecular complexity index is 783. The van der Waals surface area contributed by atoms with Crippen molar-refractivity contribution in [1.82, 2.24) is 9.80 Å². The van der Waals surface area contributed by atoms with Crippen molar-refractivity contribution in [3.63, 3.8) is 0 Å². The first kappa shape index (κ1) is 21.4. The zero-order valence-electron chi connectivity index (χ0n) is 17.4. The quantitative estimate of drug-likeness (QED) is 0.675. The van der Waals surface area contributed by atoms with Crippen LogP contribution in [0, 0.1) is 0 Å². The number of phenolic OH excluding ortho intramolecular Hbond substituents is 1. The van der Waals surface area contributed by atoms with E-state index in [1.165, 1.54) is 5.56 Å². The third kappa shape index (κ3) is 5.85. The topological polar surface area (TPSA) is 65.4 Å². The Morgan fingerprint density at radius 2 is 1.90 bits per heavy atom. The van der Waals surface area contributed by atoms with E-state index in [1.54, 1.807) is 13.2 Å². The number of ether oxygens (including phenoxy) is 2. The van der Waals surface area contributed by atoms with Crippen LogP contribution in [0.3, 0.4) is 0 Å². The summed E-state index contributed by atoms with van der Waals surface area (Å²) in [6, 6.07) is 14.0. The highest BCUT2D eigenvalue weighted by Crippen LogP contribution is 2.28. The number of rotatable bonds is 9. The molecule has 0 bridgehead atoms. The highest BCUT2D eigenvalue weighted by molar-refractivity contribution is 5.41. The Kier molecular flexibility index (Phi) is 7.75. The van der Waals surface area contributed by atoms with E-state index in [1.807, 2.05) is 31.2 Å². The number of hydrogen-bond donors (Lipinski definition) is 2. The van der Waals surface area contributed by atoms with E-state index < -0.39 is 0 Å². The van der Waals surface area contributed by atoms with Crippen LogP contribution in [0.25, 0.3) is 0 Å². The summed E-state index contributed by atoms with van der Waals surface area (Å²) < 4.78 is 10.9. The summed E-state index contributed by atoms with van der Waals surface area (Å²) in [6.45, 7) is 7.07. The van der Waals surface area contributed by atoms with Gasteiger partial charge in [0.1, 0.15) is 5.75 Å². The number of aliphatic hydroxyl groups is 1. The predicted octanol–water partition coefficient (Wildman–Crippen LogP) is 2.87. The van der Waals surface area contributed by atoms with Gasteiger partial charge in [0.15, 0.2) is 11.5 Å². The molecule has 0 saturated carbocycles. The molecule has 2 N–H and O–H groups in total. The molecular formula is C23H32N2O4. The van der Waals surface area contributed by atoms with Crippen LogP contribution in [0.2, 0.25) is 0 Å². The molecule has 1 fully saturated rings. The van der Waals surface area contributed by atoms with Crippen LogP contribution < -0.4 is 9.47 Å². The first-order chi connectivity index (χ1) is 14.1. The SMILES string of the molecule is CCOc1cc(CN2CCN(Cc3cccc(OC)c3)[C@@H](CCO)C2)ccc1O. The number of piperazine rings is 1. The standard InChI is InChI=1S/C23H32N2O4/c1-3-29-23-14-19(7-8-22(23)27)15-24-10-11-25(20(17-24)9-12-26)16-18-5-4-6-21(13-18)28-2/h4-8,13-14,20,26-27H,3,9-12,15-17H2,1-2H3/t20-/m0/s1. The van der Waals surface area contributed by atoms with Crippen molar-refractivity contribution in [2.24, 2.45) is 0 Å². The maximum atomic E-state index is 9.91. The van der Waals surface area contributed by atoms with Gasteiger partial charge in [-0.05, 0) is 48.7 Å². The molecule has 0 radical (unpaired) electrons. The minimum atomic E-state index is 0.178. The lowest BCUT2D eigenvalue weighted by Crippen LogP contribution is -2.52. The molecule has 1 saturated heterocycles. The van der Waals surface area contributed by atoms with Crippen molar-refractivity contribution < 1.29 is 19.7 Å². The zero-order chi connectivity index (χ0) is 20.6. The van der Waals surface area contributed by atoms with E-state index in [4.69, 9.17) is 9.47 Å². The number of benzene rings is 2. The lowest BCUT2D eigenvalue weighted by atomic mass is 10.1. The van der Waals surface area contributed by atoms with Crippen LogP contribution in [0.15, 0.2) is 42.5 Å². The Balaban J connectivity index is 1.64. The summed E-state index contributed by atoms with van der Waals surface area (Å²) in [5, 5.41) is 19.5. The molecule has 0 aromatic heterocycles. The first-order valence-corrected chi connectivity index (χ1v) is 10.3. The van der Waals surface area contributed by atoms with Crippen LogP contribution in [0.4, 0.5) is 0 Å². The Labute approximate surface area is 173 Å². The van der Waals surface area contributed by atoms with Gasteiger partial charge in [-0.2, -0.15) is 0 Å². The number of methoxy groups -OCH3 is 1. The predicted molar refractivity (Wildman–Crippen MR) is 113 cm³/mol. The van der Waals surface area contributed by atoms with Gasteiger partial charge >= 0.3 is 0 Å². The molecule has 0 amide bonds. The normalized spacial score (nSPS) is 18.0. The van der Waals surface area contributed by atoms with Crippen LogP contribution in [-0.2, 0) is 13.1 Å². The van der Waals surface area contributed by atoms with Gasteiger partial charge < -0.3 is 19.7 Å². The lowest BCUT2D eigenvalue weighted by molar-refractivity contribution is 0.0499. The molecule has 158 valence electrons. The van der Waals surface area contributed by atoms with E-state index in [0.29, 0.717) is 18.4 Å². The molecule has 0 aliphatic carbocycles. The highest BCUT2D eigenvalue weighted by atomic mass is 16.5. The maximum absolute atomic E-state index is 9.91. The second kappa shape index (κ2) is 10.5. The number of hydrogen-bond acceptors (Lipinski definition) is 6. The van der Waals surface area contributed by atoms with Crippen molar-refractivity contribution in [3.05, 3.63) is 53.6 Å². The molecule has 1 heterocycles.